The van der Waals surface area contributed by atoms with E-state index in [1.54, 1.807) is 4.57 Å². The number of hydrogen-bond acceptors (Lipinski definition) is 2. The van der Waals surface area contributed by atoms with Gasteiger partial charge in [-0.3, -0.25) is 9.36 Å². The highest BCUT2D eigenvalue weighted by Crippen LogP contribution is 2.22. The fourth-order valence-electron chi connectivity index (χ4n) is 2.55. The average Bonchev–Trinajstić information content (AvgIpc) is 2.50. The number of aromatic nitrogens is 2. The molecule has 0 saturated heterocycles. The summed E-state index contributed by atoms with van der Waals surface area (Å²) in [4.78, 5) is 16.6. The van der Waals surface area contributed by atoms with Gasteiger partial charge < -0.3 is 0 Å². The largest absolute Gasteiger partial charge is 0.294 e. The summed E-state index contributed by atoms with van der Waals surface area (Å²) < 4.78 is 14.7. The molecule has 0 aliphatic carbocycles. The molecule has 3 aromatic rings. The monoisotopic (exact) mass is 310 g/mol. The molecule has 0 atom stereocenters. The third-order valence-electron chi connectivity index (χ3n) is 3.96. The summed E-state index contributed by atoms with van der Waals surface area (Å²) in [5.41, 5.74) is 2.61. The van der Waals surface area contributed by atoms with E-state index < -0.39 is 0 Å². The lowest BCUT2D eigenvalue weighted by atomic mass is 9.87. The molecule has 0 bridgehead atoms. The molecule has 2 aromatic carbocycles. The van der Waals surface area contributed by atoms with Crippen molar-refractivity contribution >= 4 is 10.9 Å². The molecule has 0 amide bonds. The molecule has 1 heterocycles. The molecular weight excluding hydrogens is 291 g/mol. The number of fused-ring (bicyclic) bond motifs is 1. The fraction of sp³-hybridized carbons (Fsp3) is 0.263. The molecule has 0 N–H and O–H groups in total. The molecular formula is C19H19FN2O. The zero-order valence-corrected chi connectivity index (χ0v) is 13.5. The first-order valence-electron chi connectivity index (χ1n) is 7.59. The lowest BCUT2D eigenvalue weighted by molar-refractivity contribution is 0.589. The summed E-state index contributed by atoms with van der Waals surface area (Å²) in [5.74, 6) is -0.389. The molecule has 0 aliphatic rings. The van der Waals surface area contributed by atoms with E-state index in [1.165, 1.54) is 30.1 Å². The van der Waals surface area contributed by atoms with Crippen molar-refractivity contribution in [3.63, 3.8) is 0 Å². The van der Waals surface area contributed by atoms with Gasteiger partial charge in [-0.05, 0) is 28.7 Å². The summed E-state index contributed by atoms with van der Waals surface area (Å²) in [6.45, 7) is 6.94. The Kier molecular flexibility index (Phi) is 3.76. The van der Waals surface area contributed by atoms with E-state index in [9.17, 15) is 9.18 Å². The van der Waals surface area contributed by atoms with Crippen molar-refractivity contribution in [2.75, 3.05) is 0 Å². The topological polar surface area (TPSA) is 34.9 Å². The van der Waals surface area contributed by atoms with E-state index in [2.05, 4.69) is 37.9 Å². The molecule has 0 radical (unpaired) electrons. The van der Waals surface area contributed by atoms with Gasteiger partial charge in [0.1, 0.15) is 5.82 Å². The molecule has 4 heteroatoms. The molecule has 3 nitrogen and oxygen atoms in total. The summed E-state index contributed by atoms with van der Waals surface area (Å²) in [6.07, 6.45) is 1.47. The highest BCUT2D eigenvalue weighted by atomic mass is 19.1. The lowest BCUT2D eigenvalue weighted by Crippen LogP contribution is -2.21. The van der Waals surface area contributed by atoms with Gasteiger partial charge in [0.05, 0.1) is 23.8 Å². The van der Waals surface area contributed by atoms with Gasteiger partial charge in [-0.2, -0.15) is 0 Å². The fourth-order valence-corrected chi connectivity index (χ4v) is 2.55. The standard InChI is InChI=1S/C19H19FN2O/c1-19(2,3)14-6-4-13(5-7-14)11-22-12-21-17-10-15(20)8-9-16(17)18(22)23/h4-10,12H,11H2,1-3H3. The molecule has 118 valence electrons. The van der Waals surface area contributed by atoms with Crippen LogP contribution in [0, 0.1) is 5.82 Å². The van der Waals surface area contributed by atoms with E-state index in [0.29, 0.717) is 17.4 Å². The van der Waals surface area contributed by atoms with Crippen LogP contribution in [0.5, 0.6) is 0 Å². The van der Waals surface area contributed by atoms with Gasteiger partial charge in [0.25, 0.3) is 5.56 Å². The Morgan fingerprint density at radius 2 is 1.78 bits per heavy atom. The van der Waals surface area contributed by atoms with Gasteiger partial charge in [-0.1, -0.05) is 45.0 Å². The zero-order valence-electron chi connectivity index (χ0n) is 13.5. The lowest BCUT2D eigenvalue weighted by Gasteiger charge is -2.19. The SMILES string of the molecule is CC(C)(C)c1ccc(Cn2cnc3cc(F)ccc3c2=O)cc1. The van der Waals surface area contributed by atoms with Gasteiger partial charge in [0, 0.05) is 6.07 Å². The molecule has 23 heavy (non-hydrogen) atoms. The van der Waals surface area contributed by atoms with Crippen molar-refractivity contribution in [1.29, 1.82) is 0 Å². The van der Waals surface area contributed by atoms with Crippen molar-refractivity contribution in [2.24, 2.45) is 0 Å². The maximum Gasteiger partial charge on any atom is 0.261 e. The first-order valence-corrected chi connectivity index (χ1v) is 7.59. The second kappa shape index (κ2) is 5.61. The van der Waals surface area contributed by atoms with Crippen LogP contribution in [0.4, 0.5) is 4.39 Å². The Bertz CT molecular complexity index is 905. The van der Waals surface area contributed by atoms with E-state index in [-0.39, 0.29) is 16.8 Å². The average molecular weight is 310 g/mol. The Morgan fingerprint density at radius 1 is 1.09 bits per heavy atom. The second-order valence-corrected chi connectivity index (χ2v) is 6.79. The highest BCUT2D eigenvalue weighted by molar-refractivity contribution is 5.77. The zero-order chi connectivity index (χ0) is 16.6. The molecule has 0 unspecified atom stereocenters. The minimum Gasteiger partial charge on any atom is -0.294 e. The first-order chi connectivity index (χ1) is 10.8. The van der Waals surface area contributed by atoms with Crippen molar-refractivity contribution in [2.45, 2.75) is 32.7 Å². The summed E-state index contributed by atoms with van der Waals surface area (Å²) in [5, 5.41) is 0.431. The molecule has 1 aromatic heterocycles. The molecule has 0 fully saturated rings. The van der Waals surface area contributed by atoms with Crippen LogP contribution < -0.4 is 5.56 Å². The van der Waals surface area contributed by atoms with E-state index in [1.807, 2.05) is 12.1 Å². The number of halogens is 1. The van der Waals surface area contributed by atoms with Crippen LogP contribution in [0.2, 0.25) is 0 Å². The summed E-state index contributed by atoms with van der Waals surface area (Å²) in [6, 6.07) is 12.3. The van der Waals surface area contributed by atoms with Crippen LogP contribution in [-0.2, 0) is 12.0 Å². The number of benzene rings is 2. The van der Waals surface area contributed by atoms with Crippen molar-refractivity contribution in [3.05, 3.63) is 76.1 Å². The van der Waals surface area contributed by atoms with Crippen LogP contribution in [-0.4, -0.2) is 9.55 Å². The normalized spacial score (nSPS) is 11.8. The maximum atomic E-state index is 13.2. The van der Waals surface area contributed by atoms with Gasteiger partial charge >= 0.3 is 0 Å². The van der Waals surface area contributed by atoms with Crippen LogP contribution in [0.3, 0.4) is 0 Å². The van der Waals surface area contributed by atoms with Crippen LogP contribution in [0.15, 0.2) is 53.6 Å². The predicted octanol–water partition coefficient (Wildman–Crippen LogP) is 3.88. The number of nitrogens with zero attached hydrogens (tertiary/aromatic N) is 2. The minimum absolute atomic E-state index is 0.101. The molecule has 0 aliphatic heterocycles. The van der Waals surface area contributed by atoms with Crippen molar-refractivity contribution < 1.29 is 4.39 Å². The van der Waals surface area contributed by atoms with Gasteiger partial charge in [-0.25, -0.2) is 9.37 Å². The molecule has 0 saturated carbocycles. The van der Waals surface area contributed by atoms with E-state index in [4.69, 9.17) is 0 Å². The molecule has 3 rings (SSSR count). The van der Waals surface area contributed by atoms with Crippen LogP contribution in [0.1, 0.15) is 31.9 Å². The van der Waals surface area contributed by atoms with Crippen molar-refractivity contribution in [3.8, 4) is 0 Å². The van der Waals surface area contributed by atoms with Crippen molar-refractivity contribution in [1.82, 2.24) is 9.55 Å². The van der Waals surface area contributed by atoms with E-state index >= 15 is 0 Å². The smallest absolute Gasteiger partial charge is 0.261 e. The number of hydrogen-bond donors (Lipinski definition) is 0. The van der Waals surface area contributed by atoms with Crippen LogP contribution in [0.25, 0.3) is 10.9 Å². The maximum absolute atomic E-state index is 13.2. The summed E-state index contributed by atoms with van der Waals surface area (Å²) >= 11 is 0. The van der Waals surface area contributed by atoms with Gasteiger partial charge in [-0.15, -0.1) is 0 Å². The van der Waals surface area contributed by atoms with Gasteiger partial charge in [0.2, 0.25) is 0 Å². The quantitative estimate of drug-likeness (QED) is 0.720. The summed E-state index contributed by atoms with van der Waals surface area (Å²) in [7, 11) is 0. The Balaban J connectivity index is 1.94. The Hall–Kier alpha value is -2.49. The third kappa shape index (κ3) is 3.16. The van der Waals surface area contributed by atoms with Gasteiger partial charge in [0.15, 0.2) is 0 Å². The second-order valence-electron chi connectivity index (χ2n) is 6.79. The number of rotatable bonds is 2. The third-order valence-corrected chi connectivity index (χ3v) is 3.96. The Morgan fingerprint density at radius 3 is 2.43 bits per heavy atom. The van der Waals surface area contributed by atoms with Crippen LogP contribution >= 0.6 is 0 Å². The Labute approximate surface area is 134 Å². The van der Waals surface area contributed by atoms with E-state index in [0.717, 1.165) is 5.56 Å². The minimum atomic E-state index is -0.389. The predicted molar refractivity (Wildman–Crippen MR) is 90.2 cm³/mol. The highest BCUT2D eigenvalue weighted by Gasteiger charge is 2.13. The molecule has 0 spiro atoms. The first kappa shape index (κ1) is 15.4.